The number of nitrogens with two attached hydrogens (primary N) is 1. The highest BCUT2D eigenvalue weighted by Gasteiger charge is 2.34. The summed E-state index contributed by atoms with van der Waals surface area (Å²) in [6, 6.07) is 0. The van der Waals surface area contributed by atoms with Gasteiger partial charge >= 0.3 is 6.09 Å². The molecule has 1 aliphatic heterocycles. The van der Waals surface area contributed by atoms with Gasteiger partial charge in [0.1, 0.15) is 11.3 Å². The van der Waals surface area contributed by atoms with Gasteiger partial charge in [-0.25, -0.2) is 4.79 Å². The van der Waals surface area contributed by atoms with Gasteiger partial charge in [-0.15, -0.1) is 0 Å². The van der Waals surface area contributed by atoms with Gasteiger partial charge in [0.25, 0.3) is 0 Å². The fraction of sp³-hybridized carbons (Fsp3) is 0.667. The standard InChI is InChI=1S/C12H18ClN3O3/c1-12(2,3)18-11(17)16-5-4-7(6-16)9-8(14)10(13)15-19-9/h7H,4-6,14H2,1-3H3. The molecule has 0 radical (unpaired) electrons. The highest BCUT2D eigenvalue weighted by Crippen LogP contribution is 2.34. The normalized spacial score (nSPS) is 19.8. The van der Waals surface area contributed by atoms with Crippen molar-refractivity contribution in [3.05, 3.63) is 10.9 Å². The van der Waals surface area contributed by atoms with Crippen LogP contribution in [0.25, 0.3) is 0 Å². The molecule has 1 aromatic heterocycles. The zero-order chi connectivity index (χ0) is 14.2. The van der Waals surface area contributed by atoms with E-state index < -0.39 is 5.60 Å². The van der Waals surface area contributed by atoms with Gasteiger partial charge in [0.15, 0.2) is 10.9 Å². The molecule has 1 saturated heterocycles. The summed E-state index contributed by atoms with van der Waals surface area (Å²) in [5, 5.41) is 3.79. The van der Waals surface area contributed by atoms with Crippen LogP contribution in [0.3, 0.4) is 0 Å². The van der Waals surface area contributed by atoms with E-state index in [0.29, 0.717) is 24.5 Å². The number of anilines is 1. The zero-order valence-corrected chi connectivity index (χ0v) is 12.0. The van der Waals surface area contributed by atoms with Gasteiger partial charge < -0.3 is 19.9 Å². The number of aromatic nitrogens is 1. The predicted octanol–water partition coefficient (Wildman–Crippen LogP) is 2.63. The molecule has 2 N–H and O–H groups in total. The van der Waals surface area contributed by atoms with Crippen LogP contribution >= 0.6 is 11.6 Å². The molecule has 0 aliphatic carbocycles. The lowest BCUT2D eigenvalue weighted by Crippen LogP contribution is -2.35. The summed E-state index contributed by atoms with van der Waals surface area (Å²) in [7, 11) is 0. The Bertz CT molecular complexity index is 481. The second-order valence-corrected chi connectivity index (χ2v) is 6.02. The molecule has 1 fully saturated rings. The molecular weight excluding hydrogens is 270 g/mol. The lowest BCUT2D eigenvalue weighted by molar-refractivity contribution is 0.0291. The van der Waals surface area contributed by atoms with Crippen LogP contribution in [0.15, 0.2) is 4.52 Å². The van der Waals surface area contributed by atoms with E-state index in [1.807, 2.05) is 20.8 Å². The quantitative estimate of drug-likeness (QED) is 0.858. The molecule has 0 saturated carbocycles. The van der Waals surface area contributed by atoms with Crippen LogP contribution < -0.4 is 5.73 Å². The average molecular weight is 288 g/mol. The van der Waals surface area contributed by atoms with Crippen LogP contribution in [-0.4, -0.2) is 34.8 Å². The van der Waals surface area contributed by atoms with Crippen molar-refractivity contribution >= 4 is 23.4 Å². The summed E-state index contributed by atoms with van der Waals surface area (Å²) >= 11 is 5.76. The number of carbonyl (C=O) groups excluding carboxylic acids is 1. The van der Waals surface area contributed by atoms with E-state index in [-0.39, 0.29) is 17.2 Å². The number of hydrogen-bond donors (Lipinski definition) is 1. The Morgan fingerprint density at radius 1 is 1.58 bits per heavy atom. The predicted molar refractivity (Wildman–Crippen MR) is 71.1 cm³/mol. The Morgan fingerprint density at radius 3 is 2.79 bits per heavy atom. The minimum Gasteiger partial charge on any atom is -0.444 e. The number of likely N-dealkylation sites (tertiary alicyclic amines) is 1. The molecule has 19 heavy (non-hydrogen) atoms. The van der Waals surface area contributed by atoms with Gasteiger partial charge in [-0.05, 0) is 27.2 Å². The minimum absolute atomic E-state index is 0.0209. The Hall–Kier alpha value is -1.43. The van der Waals surface area contributed by atoms with E-state index in [9.17, 15) is 4.79 Å². The maximum atomic E-state index is 11.9. The summed E-state index contributed by atoms with van der Waals surface area (Å²) in [4.78, 5) is 13.6. The average Bonchev–Trinajstić information content (AvgIpc) is 2.85. The van der Waals surface area contributed by atoms with Crippen molar-refractivity contribution in [3.8, 4) is 0 Å². The first-order valence-electron chi connectivity index (χ1n) is 6.16. The molecule has 1 amide bonds. The third-order valence-electron chi connectivity index (χ3n) is 2.92. The molecular formula is C12H18ClN3O3. The van der Waals surface area contributed by atoms with Gasteiger partial charge in [0.2, 0.25) is 0 Å². The maximum absolute atomic E-state index is 11.9. The molecule has 0 aromatic carbocycles. The Balaban J connectivity index is 2.00. The molecule has 7 heteroatoms. The van der Waals surface area contributed by atoms with E-state index in [1.54, 1.807) is 4.90 Å². The fourth-order valence-electron chi connectivity index (χ4n) is 2.05. The van der Waals surface area contributed by atoms with Crippen molar-refractivity contribution in [2.75, 3.05) is 18.8 Å². The van der Waals surface area contributed by atoms with Crippen molar-refractivity contribution in [1.29, 1.82) is 0 Å². The van der Waals surface area contributed by atoms with E-state index in [2.05, 4.69) is 5.16 Å². The number of carbonyl (C=O) groups is 1. The van der Waals surface area contributed by atoms with Gasteiger partial charge in [-0.2, -0.15) is 0 Å². The van der Waals surface area contributed by atoms with E-state index in [0.717, 1.165) is 6.42 Å². The van der Waals surface area contributed by atoms with Crippen molar-refractivity contribution in [1.82, 2.24) is 10.1 Å². The first-order valence-corrected chi connectivity index (χ1v) is 6.54. The smallest absolute Gasteiger partial charge is 0.410 e. The second kappa shape index (κ2) is 4.92. The largest absolute Gasteiger partial charge is 0.444 e. The molecule has 6 nitrogen and oxygen atoms in total. The number of nitrogens with zero attached hydrogens (tertiary/aromatic N) is 2. The summed E-state index contributed by atoms with van der Waals surface area (Å²) in [5.74, 6) is 0.573. The van der Waals surface area contributed by atoms with Gasteiger partial charge in [-0.1, -0.05) is 16.8 Å². The van der Waals surface area contributed by atoms with Crippen LogP contribution in [0.1, 0.15) is 38.9 Å². The molecule has 2 rings (SSSR count). The summed E-state index contributed by atoms with van der Waals surface area (Å²) < 4.78 is 10.4. The van der Waals surface area contributed by atoms with Crippen molar-refractivity contribution < 1.29 is 14.1 Å². The summed E-state index contributed by atoms with van der Waals surface area (Å²) in [6.45, 7) is 6.63. The molecule has 106 valence electrons. The number of rotatable bonds is 1. The minimum atomic E-state index is -0.496. The van der Waals surface area contributed by atoms with Gasteiger partial charge in [0.05, 0.1) is 0 Å². The summed E-state index contributed by atoms with van der Waals surface area (Å²) in [5.41, 5.74) is 5.65. The molecule has 1 unspecified atom stereocenters. The topological polar surface area (TPSA) is 81.6 Å². The number of amides is 1. The Kier molecular flexibility index (Phi) is 3.62. The lowest BCUT2D eigenvalue weighted by Gasteiger charge is -2.24. The van der Waals surface area contributed by atoms with Crippen LogP contribution in [0.5, 0.6) is 0 Å². The van der Waals surface area contributed by atoms with Crippen LogP contribution in [-0.2, 0) is 4.74 Å². The van der Waals surface area contributed by atoms with Crippen LogP contribution in [0.4, 0.5) is 10.5 Å². The van der Waals surface area contributed by atoms with Crippen LogP contribution in [0, 0.1) is 0 Å². The van der Waals surface area contributed by atoms with E-state index in [1.165, 1.54) is 0 Å². The van der Waals surface area contributed by atoms with Gasteiger partial charge in [0, 0.05) is 19.0 Å². The van der Waals surface area contributed by atoms with Gasteiger partial charge in [-0.3, -0.25) is 0 Å². The van der Waals surface area contributed by atoms with E-state index in [4.69, 9.17) is 26.6 Å². The lowest BCUT2D eigenvalue weighted by atomic mass is 10.1. The first kappa shape index (κ1) is 14.0. The zero-order valence-electron chi connectivity index (χ0n) is 11.3. The molecule has 0 bridgehead atoms. The third kappa shape index (κ3) is 3.12. The third-order valence-corrected chi connectivity index (χ3v) is 3.20. The van der Waals surface area contributed by atoms with Crippen LogP contribution in [0.2, 0.25) is 5.15 Å². The maximum Gasteiger partial charge on any atom is 0.410 e. The number of halogens is 1. The molecule has 1 aliphatic rings. The molecule has 1 atom stereocenters. The Labute approximate surface area is 116 Å². The number of nitrogen functional groups attached to an aromatic ring is 1. The second-order valence-electron chi connectivity index (χ2n) is 5.66. The number of hydrogen-bond acceptors (Lipinski definition) is 5. The molecule has 0 spiro atoms. The number of ether oxygens (including phenoxy) is 1. The fourth-order valence-corrected chi connectivity index (χ4v) is 2.18. The summed E-state index contributed by atoms with van der Waals surface area (Å²) in [6.07, 6.45) is 0.439. The first-order chi connectivity index (χ1) is 8.78. The van der Waals surface area contributed by atoms with Crippen molar-refractivity contribution in [2.24, 2.45) is 0 Å². The van der Waals surface area contributed by atoms with Crippen molar-refractivity contribution in [3.63, 3.8) is 0 Å². The van der Waals surface area contributed by atoms with Crippen molar-refractivity contribution in [2.45, 2.75) is 38.7 Å². The SMILES string of the molecule is CC(C)(C)OC(=O)N1CCC(c2onc(Cl)c2N)C1. The monoisotopic (exact) mass is 287 g/mol. The highest BCUT2D eigenvalue weighted by atomic mass is 35.5. The molecule has 2 heterocycles. The van der Waals surface area contributed by atoms with E-state index >= 15 is 0 Å². The molecule has 1 aromatic rings. The highest BCUT2D eigenvalue weighted by molar-refractivity contribution is 6.31. The Morgan fingerprint density at radius 2 is 2.26 bits per heavy atom.